The maximum Gasteiger partial charge on any atom is 0.111 e. The Labute approximate surface area is 75.6 Å². The van der Waals surface area contributed by atoms with Crippen LogP contribution in [0.1, 0.15) is 16.8 Å². The molecule has 0 aliphatic heterocycles. The third kappa shape index (κ3) is 1.53. The van der Waals surface area contributed by atoms with Crippen LogP contribution in [0.3, 0.4) is 0 Å². The van der Waals surface area contributed by atoms with Crippen LogP contribution in [0.4, 0.5) is 0 Å². The van der Waals surface area contributed by atoms with Gasteiger partial charge in [-0.1, -0.05) is 12.2 Å². The lowest BCUT2D eigenvalue weighted by Gasteiger charge is -2.11. The van der Waals surface area contributed by atoms with Gasteiger partial charge in [-0.05, 0) is 31.4 Å². The van der Waals surface area contributed by atoms with Gasteiger partial charge in [0, 0.05) is 11.3 Å². The second-order valence-corrected chi connectivity index (χ2v) is 3.08. The van der Waals surface area contributed by atoms with E-state index in [1.54, 1.807) is 13.0 Å². The van der Waals surface area contributed by atoms with Crippen LogP contribution in [0.5, 0.6) is 0 Å². The number of H-pyrrole nitrogens is 1. The third-order valence-corrected chi connectivity index (χ3v) is 1.90. The molecule has 0 unspecified atom stereocenters. The minimum atomic E-state index is -0.728. The van der Waals surface area contributed by atoms with Crippen molar-refractivity contribution in [1.29, 1.82) is 5.41 Å². The van der Waals surface area contributed by atoms with Gasteiger partial charge < -0.3 is 15.5 Å². The highest BCUT2D eigenvalue weighted by atomic mass is 32.1. The Bertz CT molecular complexity index is 381. The van der Waals surface area contributed by atoms with Crippen molar-refractivity contribution >= 4 is 18.1 Å². The van der Waals surface area contributed by atoms with Crippen LogP contribution in [-0.2, 0) is 0 Å². The lowest BCUT2D eigenvalue weighted by Crippen LogP contribution is -2.19. The van der Waals surface area contributed by atoms with Crippen molar-refractivity contribution in [2.75, 3.05) is 0 Å². The Morgan fingerprint density at radius 3 is 2.58 bits per heavy atom. The Kier molecular flexibility index (Phi) is 2.28. The van der Waals surface area contributed by atoms with Gasteiger partial charge in [0.2, 0.25) is 0 Å². The number of hydrogen-bond acceptors (Lipinski definition) is 3. The Balaban J connectivity index is 3.49. The van der Waals surface area contributed by atoms with Gasteiger partial charge in [0.1, 0.15) is 4.64 Å². The molecule has 0 aliphatic rings. The molecule has 0 aliphatic carbocycles. The van der Waals surface area contributed by atoms with Gasteiger partial charge >= 0.3 is 0 Å². The lowest BCUT2D eigenvalue weighted by molar-refractivity contribution is -0.214. The topological polar surface area (TPSA) is 62.7 Å². The van der Waals surface area contributed by atoms with E-state index in [2.05, 4.69) is 4.98 Å². The Morgan fingerprint density at radius 1 is 1.58 bits per heavy atom. The number of pyridine rings is 1. The monoisotopic (exact) mass is 181 g/mol. The molecule has 0 fully saturated rings. The minimum absolute atomic E-state index is 0.301. The zero-order valence-electron chi connectivity index (χ0n) is 6.89. The van der Waals surface area contributed by atoms with Crippen molar-refractivity contribution in [3.8, 4) is 0 Å². The second-order valence-electron chi connectivity index (χ2n) is 2.67. The molecule has 64 valence electrons. The van der Waals surface area contributed by atoms with Gasteiger partial charge in [-0.2, -0.15) is 0 Å². The molecule has 12 heavy (non-hydrogen) atoms. The van der Waals surface area contributed by atoms with Gasteiger partial charge in [-0.25, -0.2) is 0 Å². The molecule has 3 nitrogen and oxygen atoms in total. The van der Waals surface area contributed by atoms with Crippen molar-refractivity contribution in [1.82, 2.24) is 4.98 Å². The summed E-state index contributed by atoms with van der Waals surface area (Å²) in [4.78, 5) is 2.83. The number of aryl methyl sites for hydroxylation is 2. The summed E-state index contributed by atoms with van der Waals surface area (Å²) in [5, 5.41) is 17.7. The normalized spacial score (nSPS) is 9.83. The summed E-state index contributed by atoms with van der Waals surface area (Å²) in [6.45, 7) is 3.64. The largest absolute Gasteiger partial charge is 0.859 e. The van der Waals surface area contributed by atoms with E-state index < -0.39 is 5.90 Å². The van der Waals surface area contributed by atoms with Crippen LogP contribution in [0.2, 0.25) is 0 Å². The van der Waals surface area contributed by atoms with Gasteiger partial charge in [0.05, 0.1) is 0 Å². The summed E-state index contributed by atoms with van der Waals surface area (Å²) in [6.07, 6.45) is 0. The number of aromatic amines is 1. The third-order valence-electron chi connectivity index (χ3n) is 1.59. The van der Waals surface area contributed by atoms with Gasteiger partial charge in [0.25, 0.3) is 0 Å². The minimum Gasteiger partial charge on any atom is -0.859 e. The van der Waals surface area contributed by atoms with Crippen LogP contribution < -0.4 is 5.11 Å². The number of aromatic nitrogens is 1. The zero-order chi connectivity index (χ0) is 9.30. The van der Waals surface area contributed by atoms with E-state index in [1.165, 1.54) is 0 Å². The quantitative estimate of drug-likeness (QED) is 0.386. The van der Waals surface area contributed by atoms with Crippen LogP contribution in [0, 0.1) is 23.9 Å². The van der Waals surface area contributed by atoms with Crippen molar-refractivity contribution in [2.24, 2.45) is 0 Å². The molecule has 1 aromatic heterocycles. The highest BCUT2D eigenvalue weighted by molar-refractivity contribution is 7.71. The summed E-state index contributed by atoms with van der Waals surface area (Å²) in [5.41, 5.74) is 1.97. The summed E-state index contributed by atoms with van der Waals surface area (Å²) in [7, 11) is 0. The molecule has 4 heteroatoms. The van der Waals surface area contributed by atoms with E-state index in [9.17, 15) is 5.11 Å². The first-order chi connectivity index (χ1) is 5.52. The van der Waals surface area contributed by atoms with Crippen molar-refractivity contribution in [2.45, 2.75) is 13.8 Å². The average Bonchev–Trinajstić information content (AvgIpc) is 1.82. The molecule has 0 saturated carbocycles. The molecule has 0 spiro atoms. The molecular weight excluding hydrogens is 172 g/mol. The fourth-order valence-electron chi connectivity index (χ4n) is 1.14. The molecule has 0 saturated heterocycles. The Hall–Kier alpha value is -1.16. The smallest absolute Gasteiger partial charge is 0.111 e. The van der Waals surface area contributed by atoms with Crippen LogP contribution in [0.15, 0.2) is 6.07 Å². The van der Waals surface area contributed by atoms with Gasteiger partial charge in [0.15, 0.2) is 0 Å². The summed E-state index contributed by atoms with van der Waals surface area (Å²) < 4.78 is 0.354. The van der Waals surface area contributed by atoms with Gasteiger partial charge in [-0.15, -0.1) is 0 Å². The predicted octanol–water partition coefficient (Wildman–Crippen LogP) is 1.05. The van der Waals surface area contributed by atoms with Crippen LogP contribution in [-0.4, -0.2) is 10.9 Å². The highest BCUT2D eigenvalue weighted by Gasteiger charge is 1.99. The number of nitrogens with one attached hydrogen (secondary N) is 2. The second kappa shape index (κ2) is 3.06. The van der Waals surface area contributed by atoms with Crippen molar-refractivity contribution in [3.05, 3.63) is 27.5 Å². The maximum absolute atomic E-state index is 10.8. The van der Waals surface area contributed by atoms with E-state index >= 15 is 0 Å². The molecule has 0 aromatic carbocycles. The molecule has 0 atom stereocenters. The average molecular weight is 181 g/mol. The van der Waals surface area contributed by atoms with E-state index in [1.807, 2.05) is 6.92 Å². The van der Waals surface area contributed by atoms with E-state index in [0.29, 0.717) is 10.2 Å². The standard InChI is InChI=1S/C8H10N2OS/c1-4-3-5(2)10-8(12)6(4)7(9)11/h3H,1-2H3,(H2,9,11)(H,10,12)/p-1. The number of hydrogen-bond donors (Lipinski definition) is 2. The van der Waals surface area contributed by atoms with Crippen molar-refractivity contribution < 1.29 is 5.11 Å². The van der Waals surface area contributed by atoms with Crippen molar-refractivity contribution in [3.63, 3.8) is 0 Å². The highest BCUT2D eigenvalue weighted by Crippen LogP contribution is 2.08. The van der Waals surface area contributed by atoms with E-state index in [-0.39, 0.29) is 0 Å². The van der Waals surface area contributed by atoms with E-state index in [0.717, 1.165) is 11.3 Å². The van der Waals surface area contributed by atoms with Crippen LogP contribution in [0.25, 0.3) is 0 Å². The van der Waals surface area contributed by atoms with Crippen LogP contribution >= 0.6 is 12.2 Å². The fraction of sp³-hybridized carbons (Fsp3) is 0.250. The molecule has 1 heterocycles. The first-order valence-electron chi connectivity index (χ1n) is 3.49. The fourth-order valence-corrected chi connectivity index (χ4v) is 1.55. The van der Waals surface area contributed by atoms with Gasteiger partial charge in [-0.3, -0.25) is 0 Å². The Morgan fingerprint density at radius 2 is 2.17 bits per heavy atom. The maximum atomic E-state index is 10.8. The lowest BCUT2D eigenvalue weighted by atomic mass is 10.1. The predicted molar refractivity (Wildman–Crippen MR) is 47.9 cm³/mol. The zero-order valence-corrected chi connectivity index (χ0v) is 7.71. The SMILES string of the molecule is Cc1cc(C)c(C(=N)[O-])c(=S)[nH]1. The number of rotatable bonds is 1. The van der Waals surface area contributed by atoms with E-state index in [4.69, 9.17) is 17.6 Å². The summed E-state index contributed by atoms with van der Waals surface area (Å²) in [6, 6.07) is 1.80. The summed E-state index contributed by atoms with van der Waals surface area (Å²) >= 11 is 4.91. The molecule has 1 rings (SSSR count). The summed E-state index contributed by atoms with van der Waals surface area (Å²) in [5.74, 6) is -0.728. The molecular formula is C8H9N2OS-. The first kappa shape index (κ1) is 8.93. The molecule has 2 N–H and O–H groups in total. The molecule has 0 amide bonds. The first-order valence-corrected chi connectivity index (χ1v) is 3.89. The molecule has 0 radical (unpaired) electrons. The molecule has 0 bridgehead atoms. The molecule has 1 aromatic rings.